The van der Waals surface area contributed by atoms with Crippen LogP contribution in [0.3, 0.4) is 0 Å². The maximum Gasteiger partial charge on any atom is 0.242 e. The summed E-state index contributed by atoms with van der Waals surface area (Å²) in [5, 5.41) is 2.95. The zero-order chi connectivity index (χ0) is 23.0. The largest absolute Gasteiger partial charge is 0.496 e. The molecule has 0 aliphatic rings. The van der Waals surface area contributed by atoms with Crippen LogP contribution >= 0.6 is 0 Å². The quantitative estimate of drug-likeness (QED) is 0.534. The second-order valence-corrected chi connectivity index (χ2v) is 10.3. The third-order valence-corrected chi connectivity index (χ3v) is 7.07. The predicted octanol–water partition coefficient (Wildman–Crippen LogP) is 3.75. The Balaban J connectivity index is 1.85. The van der Waals surface area contributed by atoms with Crippen molar-refractivity contribution in [2.24, 2.45) is 0 Å². The van der Waals surface area contributed by atoms with E-state index in [1.807, 2.05) is 0 Å². The monoisotopic (exact) mass is 446 g/mol. The summed E-state index contributed by atoms with van der Waals surface area (Å²) >= 11 is 0. The Bertz CT molecular complexity index is 968. The van der Waals surface area contributed by atoms with Crippen LogP contribution in [0.25, 0.3) is 0 Å². The fourth-order valence-electron chi connectivity index (χ4n) is 3.25. The summed E-state index contributed by atoms with van der Waals surface area (Å²) in [6.07, 6.45) is 2.46. The molecular weight excluding hydrogens is 412 g/mol. The number of ether oxygens (including phenoxy) is 1. The molecule has 6 nitrogen and oxygen atoms in total. The zero-order valence-electron chi connectivity index (χ0n) is 19.1. The first-order valence-corrected chi connectivity index (χ1v) is 12.0. The number of hydrogen-bond acceptors (Lipinski definition) is 4. The smallest absolute Gasteiger partial charge is 0.242 e. The molecule has 31 heavy (non-hydrogen) atoms. The summed E-state index contributed by atoms with van der Waals surface area (Å²) in [6, 6.07) is 13.4. The topological polar surface area (TPSA) is 75.7 Å². The van der Waals surface area contributed by atoms with Gasteiger partial charge in [0.1, 0.15) is 5.75 Å². The van der Waals surface area contributed by atoms with Gasteiger partial charge in [0, 0.05) is 27.1 Å². The molecule has 0 bridgehead atoms. The van der Waals surface area contributed by atoms with Gasteiger partial charge in [-0.3, -0.25) is 4.79 Å². The summed E-state index contributed by atoms with van der Waals surface area (Å²) in [5.74, 6) is 1.05. The lowest BCUT2D eigenvalue weighted by Gasteiger charge is -2.14. The van der Waals surface area contributed by atoms with Crippen molar-refractivity contribution in [3.63, 3.8) is 0 Å². The Morgan fingerprint density at radius 2 is 1.74 bits per heavy atom. The van der Waals surface area contributed by atoms with E-state index >= 15 is 0 Å². The Labute approximate surface area is 186 Å². The van der Waals surface area contributed by atoms with Gasteiger partial charge < -0.3 is 10.1 Å². The minimum atomic E-state index is -3.54. The van der Waals surface area contributed by atoms with Crippen molar-refractivity contribution >= 4 is 15.9 Å². The van der Waals surface area contributed by atoms with Crippen molar-refractivity contribution in [2.75, 3.05) is 27.7 Å². The molecule has 7 heteroatoms. The second kappa shape index (κ2) is 11.3. The van der Waals surface area contributed by atoms with Crippen molar-refractivity contribution < 1.29 is 17.9 Å². The number of carbonyl (C=O) groups excluding carboxylic acids is 1. The van der Waals surface area contributed by atoms with Crippen LogP contribution in [0.15, 0.2) is 47.4 Å². The average Bonchev–Trinajstić information content (AvgIpc) is 2.75. The molecule has 0 atom stereocenters. The normalized spacial score (nSPS) is 11.7. The van der Waals surface area contributed by atoms with E-state index in [2.05, 4.69) is 43.4 Å². The van der Waals surface area contributed by atoms with Crippen LogP contribution in [0.2, 0.25) is 0 Å². The molecule has 0 radical (unpaired) electrons. The van der Waals surface area contributed by atoms with Crippen molar-refractivity contribution in [3.8, 4) is 5.75 Å². The van der Waals surface area contributed by atoms with Crippen LogP contribution in [0.4, 0.5) is 0 Å². The molecule has 0 aromatic heterocycles. The summed E-state index contributed by atoms with van der Waals surface area (Å²) in [5.41, 5.74) is 3.29. The lowest BCUT2D eigenvalue weighted by molar-refractivity contribution is -0.121. The number of hydrogen-bond donors (Lipinski definition) is 1. The first-order chi connectivity index (χ1) is 14.6. The third-order valence-electron chi connectivity index (χ3n) is 5.26. The standard InChI is InChI=1S/C24H34N2O4S/c1-18(2)20-10-8-19(9-11-20)7-6-16-25-24(27)15-12-21-17-22(13-14-23(21)30-5)31(28,29)26(3)4/h8-11,13-14,17-18H,6-7,12,15-16H2,1-5H3,(H,25,27). The number of methoxy groups -OCH3 is 1. The van der Waals surface area contributed by atoms with Crippen LogP contribution in [-0.4, -0.2) is 46.4 Å². The minimum absolute atomic E-state index is 0.0573. The van der Waals surface area contributed by atoms with E-state index in [1.165, 1.54) is 42.7 Å². The number of carbonyl (C=O) groups is 1. The van der Waals surface area contributed by atoms with E-state index < -0.39 is 10.0 Å². The van der Waals surface area contributed by atoms with Gasteiger partial charge in [0.05, 0.1) is 12.0 Å². The van der Waals surface area contributed by atoms with Crippen molar-refractivity contribution in [1.82, 2.24) is 9.62 Å². The van der Waals surface area contributed by atoms with Crippen molar-refractivity contribution in [1.29, 1.82) is 0 Å². The molecule has 0 aliphatic heterocycles. The first kappa shape index (κ1) is 24.9. The van der Waals surface area contributed by atoms with Gasteiger partial charge in [0.15, 0.2) is 0 Å². The molecule has 1 amide bonds. The molecule has 0 saturated heterocycles. The molecule has 0 unspecified atom stereocenters. The van der Waals surface area contributed by atoms with E-state index in [0.29, 0.717) is 30.2 Å². The zero-order valence-corrected chi connectivity index (χ0v) is 20.0. The predicted molar refractivity (Wildman–Crippen MR) is 124 cm³/mol. The number of sulfonamides is 1. The molecule has 0 saturated carbocycles. The average molecular weight is 447 g/mol. The van der Waals surface area contributed by atoms with E-state index in [9.17, 15) is 13.2 Å². The maximum atomic E-state index is 12.4. The number of rotatable bonds is 11. The summed E-state index contributed by atoms with van der Waals surface area (Å²) in [7, 11) is 0.980. The third kappa shape index (κ3) is 7.08. The fourth-order valence-corrected chi connectivity index (χ4v) is 4.20. The van der Waals surface area contributed by atoms with Crippen LogP contribution in [0.5, 0.6) is 5.75 Å². The number of nitrogens with zero attached hydrogens (tertiary/aromatic N) is 1. The highest BCUT2D eigenvalue weighted by molar-refractivity contribution is 7.89. The van der Waals surface area contributed by atoms with E-state index in [-0.39, 0.29) is 17.2 Å². The molecule has 0 aliphatic carbocycles. The van der Waals surface area contributed by atoms with Crippen LogP contribution in [0.1, 0.15) is 49.3 Å². The number of aryl methyl sites for hydroxylation is 2. The highest BCUT2D eigenvalue weighted by Crippen LogP contribution is 2.25. The van der Waals surface area contributed by atoms with E-state index in [0.717, 1.165) is 12.8 Å². The van der Waals surface area contributed by atoms with Crippen LogP contribution in [-0.2, 0) is 27.7 Å². The number of amides is 1. The first-order valence-electron chi connectivity index (χ1n) is 10.6. The number of benzene rings is 2. The number of nitrogens with one attached hydrogen (secondary N) is 1. The van der Waals surface area contributed by atoms with Gasteiger partial charge in [-0.2, -0.15) is 0 Å². The minimum Gasteiger partial charge on any atom is -0.496 e. The molecule has 2 aromatic carbocycles. The highest BCUT2D eigenvalue weighted by atomic mass is 32.2. The van der Waals surface area contributed by atoms with Gasteiger partial charge in [0.25, 0.3) is 0 Å². The Kier molecular flexibility index (Phi) is 9.07. The Morgan fingerprint density at radius 3 is 2.32 bits per heavy atom. The molecule has 0 spiro atoms. The van der Waals surface area contributed by atoms with Crippen LogP contribution in [0, 0.1) is 0 Å². The summed E-state index contributed by atoms with van der Waals surface area (Å²) in [6.45, 7) is 4.96. The molecule has 2 aromatic rings. The fraction of sp³-hybridized carbons (Fsp3) is 0.458. The van der Waals surface area contributed by atoms with E-state index in [4.69, 9.17) is 4.74 Å². The molecule has 0 heterocycles. The van der Waals surface area contributed by atoms with Gasteiger partial charge in [-0.05, 0) is 60.1 Å². The molecule has 0 fully saturated rings. The molecule has 1 N–H and O–H groups in total. The van der Waals surface area contributed by atoms with Crippen LogP contribution < -0.4 is 10.1 Å². The van der Waals surface area contributed by atoms with Gasteiger partial charge in [-0.15, -0.1) is 0 Å². The summed E-state index contributed by atoms with van der Waals surface area (Å²) < 4.78 is 31.2. The van der Waals surface area contributed by atoms with Crippen molar-refractivity contribution in [2.45, 2.75) is 50.3 Å². The lowest BCUT2D eigenvalue weighted by Crippen LogP contribution is -2.25. The van der Waals surface area contributed by atoms with E-state index in [1.54, 1.807) is 12.1 Å². The van der Waals surface area contributed by atoms with Gasteiger partial charge in [0.2, 0.25) is 15.9 Å². The van der Waals surface area contributed by atoms with Gasteiger partial charge in [-0.1, -0.05) is 38.1 Å². The molecular formula is C24H34N2O4S. The maximum absolute atomic E-state index is 12.4. The molecule has 170 valence electrons. The highest BCUT2D eigenvalue weighted by Gasteiger charge is 2.19. The van der Waals surface area contributed by atoms with Crippen molar-refractivity contribution in [3.05, 3.63) is 59.2 Å². The van der Waals surface area contributed by atoms with Gasteiger partial charge in [-0.25, -0.2) is 12.7 Å². The SMILES string of the molecule is COc1ccc(S(=O)(=O)N(C)C)cc1CCC(=O)NCCCc1ccc(C(C)C)cc1. The second-order valence-electron chi connectivity index (χ2n) is 8.11. The van der Waals surface area contributed by atoms with Gasteiger partial charge >= 0.3 is 0 Å². The lowest BCUT2D eigenvalue weighted by atomic mass is 10.0. The molecule has 2 rings (SSSR count). The Morgan fingerprint density at radius 1 is 1.06 bits per heavy atom. The Hall–Kier alpha value is -2.38. The summed E-state index contributed by atoms with van der Waals surface area (Å²) in [4.78, 5) is 12.5.